The fourth-order valence-corrected chi connectivity index (χ4v) is 3.96. The van der Waals surface area contributed by atoms with Crippen molar-refractivity contribution < 1.29 is 22.0 Å². The molecule has 1 amide bonds. The van der Waals surface area contributed by atoms with E-state index in [9.17, 15) is 22.0 Å². The van der Waals surface area contributed by atoms with Crippen LogP contribution in [0.1, 0.15) is 10.4 Å². The quantitative estimate of drug-likeness (QED) is 0.491. The van der Waals surface area contributed by atoms with Crippen LogP contribution in [-0.2, 0) is 10.0 Å². The Morgan fingerprint density at radius 2 is 1.81 bits per heavy atom. The van der Waals surface area contributed by atoms with Crippen LogP contribution < -0.4 is 4.72 Å². The van der Waals surface area contributed by atoms with Gasteiger partial charge < -0.3 is 0 Å². The van der Waals surface area contributed by atoms with Gasteiger partial charge in [0.15, 0.2) is 0 Å². The lowest BCUT2D eigenvalue weighted by molar-refractivity contribution is 0.0978. The Kier molecular flexibility index (Phi) is 5.24. The topological polar surface area (TPSA) is 81.1 Å². The fourth-order valence-electron chi connectivity index (χ4n) is 3.26. The number of pyridine rings is 1. The third kappa shape index (κ3) is 4.01. The number of sulfonamides is 1. The highest BCUT2D eigenvalue weighted by atomic mass is 35.5. The smallest absolute Gasteiger partial charge is 0.267 e. The summed E-state index contributed by atoms with van der Waals surface area (Å²) in [5, 5.41) is 0.589. The second kappa shape index (κ2) is 7.75. The molecule has 1 N–H and O–H groups in total. The molecule has 0 aliphatic rings. The molecular formula is C21H14ClF2N3O3S. The van der Waals surface area contributed by atoms with Crippen molar-refractivity contribution in [1.29, 1.82) is 0 Å². The number of halogens is 3. The normalized spacial score (nSPS) is 11.6. The third-order valence-corrected chi connectivity index (χ3v) is 5.40. The maximum atomic E-state index is 14.7. The van der Waals surface area contributed by atoms with Crippen LogP contribution in [0.5, 0.6) is 0 Å². The molecule has 0 bridgehead atoms. The van der Waals surface area contributed by atoms with Crippen molar-refractivity contribution in [3.8, 4) is 16.8 Å². The summed E-state index contributed by atoms with van der Waals surface area (Å²) >= 11 is 6.32. The highest BCUT2D eigenvalue weighted by molar-refractivity contribution is 7.89. The third-order valence-electron chi connectivity index (χ3n) is 4.55. The molecule has 158 valence electrons. The van der Waals surface area contributed by atoms with Crippen molar-refractivity contribution in [3.63, 3.8) is 0 Å². The van der Waals surface area contributed by atoms with Gasteiger partial charge >= 0.3 is 0 Å². The molecule has 0 saturated heterocycles. The van der Waals surface area contributed by atoms with E-state index in [0.29, 0.717) is 22.2 Å². The Morgan fingerprint density at radius 3 is 2.52 bits per heavy atom. The first kappa shape index (κ1) is 21.0. The molecule has 2 aromatic heterocycles. The van der Waals surface area contributed by atoms with Crippen LogP contribution in [0.3, 0.4) is 0 Å². The second-order valence-corrected chi connectivity index (χ2v) is 8.91. The van der Waals surface area contributed by atoms with E-state index < -0.39 is 33.1 Å². The van der Waals surface area contributed by atoms with Gasteiger partial charge in [0.05, 0.1) is 22.5 Å². The Balaban J connectivity index is 1.90. The molecule has 31 heavy (non-hydrogen) atoms. The Labute approximate surface area is 181 Å². The lowest BCUT2D eigenvalue weighted by atomic mass is 10.1. The summed E-state index contributed by atoms with van der Waals surface area (Å²) in [6.45, 7) is 0. The van der Waals surface area contributed by atoms with Gasteiger partial charge in [0.2, 0.25) is 10.0 Å². The molecule has 4 rings (SSSR count). The SMILES string of the molecule is CS(=O)(=O)NC(=O)c1cc(Cl)c(-n2cc(-c3ccccc3F)c3cccnc32)cc1F. The van der Waals surface area contributed by atoms with Gasteiger partial charge in [-0.25, -0.2) is 26.9 Å². The Morgan fingerprint density at radius 1 is 1.06 bits per heavy atom. The average Bonchev–Trinajstić information content (AvgIpc) is 3.08. The summed E-state index contributed by atoms with van der Waals surface area (Å²) in [6.07, 6.45) is 3.88. The minimum Gasteiger partial charge on any atom is -0.299 e. The van der Waals surface area contributed by atoms with E-state index in [1.165, 1.54) is 16.8 Å². The first-order valence-corrected chi connectivity index (χ1v) is 11.1. The largest absolute Gasteiger partial charge is 0.299 e. The van der Waals surface area contributed by atoms with Gasteiger partial charge in [-0.05, 0) is 24.3 Å². The number of nitrogens with one attached hydrogen (secondary N) is 1. The molecule has 6 nitrogen and oxygen atoms in total. The van der Waals surface area contributed by atoms with Crippen LogP contribution >= 0.6 is 11.6 Å². The van der Waals surface area contributed by atoms with Gasteiger partial charge in [0, 0.05) is 35.0 Å². The minimum atomic E-state index is -3.88. The van der Waals surface area contributed by atoms with E-state index in [1.807, 2.05) is 0 Å². The molecule has 0 saturated carbocycles. The van der Waals surface area contributed by atoms with E-state index >= 15 is 0 Å². The van der Waals surface area contributed by atoms with Crippen LogP contribution in [0.4, 0.5) is 8.78 Å². The van der Waals surface area contributed by atoms with Crippen molar-refractivity contribution in [2.75, 3.05) is 6.26 Å². The molecule has 0 radical (unpaired) electrons. The van der Waals surface area contributed by atoms with Crippen LogP contribution in [-0.4, -0.2) is 30.1 Å². The highest BCUT2D eigenvalue weighted by Gasteiger charge is 2.21. The summed E-state index contributed by atoms with van der Waals surface area (Å²) in [6, 6.07) is 11.7. The molecule has 0 atom stereocenters. The van der Waals surface area contributed by atoms with Crippen molar-refractivity contribution in [2.45, 2.75) is 0 Å². The zero-order chi connectivity index (χ0) is 22.3. The Bertz CT molecular complexity index is 1450. The van der Waals surface area contributed by atoms with Gasteiger partial charge in [0.25, 0.3) is 5.91 Å². The van der Waals surface area contributed by atoms with E-state index in [4.69, 9.17) is 11.6 Å². The molecule has 0 fully saturated rings. The molecule has 0 aliphatic heterocycles. The Hall–Kier alpha value is -3.30. The summed E-state index contributed by atoms with van der Waals surface area (Å²) in [5.41, 5.74) is 0.881. The predicted molar refractivity (Wildman–Crippen MR) is 114 cm³/mol. The molecule has 4 aromatic rings. The number of nitrogens with zero attached hydrogens (tertiary/aromatic N) is 2. The van der Waals surface area contributed by atoms with Crippen molar-refractivity contribution in [3.05, 3.63) is 83.1 Å². The second-order valence-electron chi connectivity index (χ2n) is 6.75. The summed E-state index contributed by atoms with van der Waals surface area (Å²) < 4.78 is 54.9. The minimum absolute atomic E-state index is 0.0253. The van der Waals surface area contributed by atoms with E-state index in [0.717, 1.165) is 18.4 Å². The number of carbonyl (C=O) groups is 1. The van der Waals surface area contributed by atoms with Gasteiger partial charge in [-0.2, -0.15) is 0 Å². The summed E-state index contributed by atoms with van der Waals surface area (Å²) in [4.78, 5) is 16.4. The highest BCUT2D eigenvalue weighted by Crippen LogP contribution is 2.35. The van der Waals surface area contributed by atoms with Gasteiger partial charge in [0.1, 0.15) is 17.3 Å². The number of aromatic nitrogens is 2. The molecule has 2 aromatic carbocycles. The van der Waals surface area contributed by atoms with Crippen LogP contribution in [0.15, 0.2) is 60.9 Å². The van der Waals surface area contributed by atoms with Crippen molar-refractivity contribution in [2.24, 2.45) is 0 Å². The maximum absolute atomic E-state index is 14.7. The van der Waals surface area contributed by atoms with Crippen LogP contribution in [0.2, 0.25) is 5.02 Å². The average molecular weight is 462 g/mol. The fraction of sp³-hybridized carbons (Fsp3) is 0.0476. The lowest BCUT2D eigenvalue weighted by Crippen LogP contribution is -2.30. The molecular weight excluding hydrogens is 448 g/mol. The number of hydrogen-bond donors (Lipinski definition) is 1. The van der Waals surface area contributed by atoms with Crippen molar-refractivity contribution >= 4 is 38.6 Å². The molecule has 0 unspecified atom stereocenters. The monoisotopic (exact) mass is 461 g/mol. The van der Waals surface area contributed by atoms with Crippen molar-refractivity contribution in [1.82, 2.24) is 14.3 Å². The standard InChI is InChI=1S/C21H14ClF2N3O3S/c1-31(29,30)26-21(28)14-9-16(22)19(10-18(14)24)27-11-15(12-5-2-3-7-17(12)23)13-6-4-8-25-20(13)27/h2-11H,1H3,(H,26,28). The van der Waals surface area contributed by atoms with Gasteiger partial charge in [-0.15, -0.1) is 0 Å². The lowest BCUT2D eigenvalue weighted by Gasteiger charge is -2.10. The number of rotatable bonds is 4. The first-order valence-electron chi connectivity index (χ1n) is 8.88. The zero-order valence-corrected chi connectivity index (χ0v) is 17.5. The summed E-state index contributed by atoms with van der Waals surface area (Å²) in [7, 11) is -3.88. The van der Waals surface area contributed by atoms with E-state index in [2.05, 4.69) is 4.98 Å². The van der Waals surface area contributed by atoms with Crippen LogP contribution in [0.25, 0.3) is 27.8 Å². The zero-order valence-electron chi connectivity index (χ0n) is 15.9. The first-order chi connectivity index (χ1) is 14.7. The molecule has 2 heterocycles. The number of carbonyl (C=O) groups excluding carboxylic acids is 1. The number of hydrogen-bond acceptors (Lipinski definition) is 4. The maximum Gasteiger partial charge on any atom is 0.267 e. The number of amides is 1. The molecule has 10 heteroatoms. The van der Waals surface area contributed by atoms with E-state index in [1.54, 1.807) is 41.3 Å². The van der Waals surface area contributed by atoms with E-state index in [-0.39, 0.29) is 10.7 Å². The predicted octanol–water partition coefficient (Wildman–Crippen LogP) is 4.31. The number of benzene rings is 2. The molecule has 0 aliphatic carbocycles. The number of fused-ring (bicyclic) bond motifs is 1. The summed E-state index contributed by atoms with van der Waals surface area (Å²) in [5.74, 6) is -2.56. The van der Waals surface area contributed by atoms with Gasteiger partial charge in [-0.1, -0.05) is 29.8 Å². The molecule has 0 spiro atoms. The van der Waals surface area contributed by atoms with Gasteiger partial charge in [-0.3, -0.25) is 9.36 Å². The van der Waals surface area contributed by atoms with Crippen LogP contribution in [0, 0.1) is 11.6 Å².